The highest BCUT2D eigenvalue weighted by atomic mass is 16.6. The van der Waals surface area contributed by atoms with E-state index in [-0.39, 0.29) is 5.97 Å². The summed E-state index contributed by atoms with van der Waals surface area (Å²) in [6, 6.07) is 0. The van der Waals surface area contributed by atoms with Gasteiger partial charge in [-0.25, -0.2) is 4.79 Å². The van der Waals surface area contributed by atoms with Gasteiger partial charge < -0.3 is 14.8 Å². The second-order valence-corrected chi connectivity index (χ2v) is 3.63. The second kappa shape index (κ2) is 4.07. The van der Waals surface area contributed by atoms with Crippen LogP contribution >= 0.6 is 0 Å². The molecule has 0 radical (unpaired) electrons. The lowest BCUT2D eigenvalue weighted by Gasteiger charge is -2.36. The van der Waals surface area contributed by atoms with Crippen LogP contribution in [0.3, 0.4) is 0 Å². The molecule has 2 atom stereocenters. The van der Waals surface area contributed by atoms with Crippen LogP contribution in [0.4, 0.5) is 0 Å². The molecule has 1 fully saturated rings. The van der Waals surface area contributed by atoms with E-state index in [1.165, 1.54) is 7.11 Å². The fourth-order valence-electron chi connectivity index (χ4n) is 1.81. The minimum atomic E-state index is -0.771. The van der Waals surface area contributed by atoms with Crippen molar-refractivity contribution in [2.75, 3.05) is 27.3 Å². The Hall–Kier alpha value is -0.610. The summed E-state index contributed by atoms with van der Waals surface area (Å²) in [5.74, 6) is 0.154. The molecular formula is C9H17NO3. The largest absolute Gasteiger partial charge is 0.467 e. The number of carbonyl (C=O) groups is 1. The number of rotatable bonds is 2. The van der Waals surface area contributed by atoms with Crippen molar-refractivity contribution < 1.29 is 14.3 Å². The monoisotopic (exact) mass is 187 g/mol. The molecule has 0 aliphatic carbocycles. The van der Waals surface area contributed by atoms with Crippen LogP contribution in [-0.2, 0) is 14.3 Å². The van der Waals surface area contributed by atoms with Gasteiger partial charge in [0.1, 0.15) is 0 Å². The van der Waals surface area contributed by atoms with Gasteiger partial charge in [0, 0.05) is 13.7 Å². The van der Waals surface area contributed by atoms with Crippen molar-refractivity contribution in [2.45, 2.75) is 18.9 Å². The first kappa shape index (κ1) is 10.5. The van der Waals surface area contributed by atoms with E-state index in [9.17, 15) is 4.79 Å². The zero-order valence-corrected chi connectivity index (χ0v) is 8.42. The highest BCUT2D eigenvalue weighted by Crippen LogP contribution is 2.25. The molecule has 1 N–H and O–H groups in total. The Balaban J connectivity index is 2.73. The molecule has 0 amide bonds. The summed E-state index contributed by atoms with van der Waals surface area (Å²) < 4.78 is 9.99. The Morgan fingerprint density at radius 3 is 2.69 bits per heavy atom. The van der Waals surface area contributed by atoms with E-state index in [2.05, 4.69) is 12.2 Å². The van der Waals surface area contributed by atoms with Gasteiger partial charge in [-0.3, -0.25) is 0 Å². The highest BCUT2D eigenvalue weighted by molar-refractivity contribution is 5.80. The van der Waals surface area contributed by atoms with E-state index < -0.39 is 5.60 Å². The van der Waals surface area contributed by atoms with E-state index in [4.69, 9.17) is 9.47 Å². The van der Waals surface area contributed by atoms with E-state index in [1.54, 1.807) is 7.11 Å². The van der Waals surface area contributed by atoms with Gasteiger partial charge in [0.15, 0.2) is 5.60 Å². The van der Waals surface area contributed by atoms with Crippen molar-refractivity contribution in [3.8, 4) is 0 Å². The molecule has 4 nitrogen and oxygen atoms in total. The number of ether oxygens (including phenoxy) is 2. The smallest absolute Gasteiger partial charge is 0.339 e. The summed E-state index contributed by atoms with van der Waals surface area (Å²) >= 11 is 0. The summed E-state index contributed by atoms with van der Waals surface area (Å²) in [5.41, 5.74) is -0.771. The summed E-state index contributed by atoms with van der Waals surface area (Å²) in [6.45, 7) is 3.56. The molecule has 1 rings (SSSR count). The van der Waals surface area contributed by atoms with E-state index in [0.717, 1.165) is 13.0 Å². The lowest BCUT2D eigenvalue weighted by Crippen LogP contribution is -2.55. The minimum Gasteiger partial charge on any atom is -0.467 e. The van der Waals surface area contributed by atoms with Gasteiger partial charge in [0.05, 0.1) is 7.11 Å². The SMILES string of the molecule is COC(=O)[C@@]1(OC)CNCC(C)C1. The number of carbonyl (C=O) groups excluding carboxylic acids is 1. The molecule has 0 bridgehead atoms. The van der Waals surface area contributed by atoms with Crippen LogP contribution in [0.5, 0.6) is 0 Å². The van der Waals surface area contributed by atoms with Gasteiger partial charge in [-0.05, 0) is 18.9 Å². The van der Waals surface area contributed by atoms with Crippen LogP contribution < -0.4 is 5.32 Å². The standard InChI is InChI=1S/C9H17NO3/c1-7-4-9(13-3,6-10-5-7)8(11)12-2/h7,10H,4-6H2,1-3H3/t7?,9-/m0/s1. The summed E-state index contributed by atoms with van der Waals surface area (Å²) in [6.07, 6.45) is 0.725. The zero-order valence-electron chi connectivity index (χ0n) is 8.42. The Morgan fingerprint density at radius 2 is 2.23 bits per heavy atom. The molecule has 13 heavy (non-hydrogen) atoms. The first-order valence-corrected chi connectivity index (χ1v) is 4.49. The Bertz CT molecular complexity index is 195. The molecule has 0 spiro atoms. The highest BCUT2D eigenvalue weighted by Gasteiger charge is 2.43. The van der Waals surface area contributed by atoms with Crippen molar-refractivity contribution in [1.29, 1.82) is 0 Å². The van der Waals surface area contributed by atoms with E-state index in [1.807, 2.05) is 0 Å². The van der Waals surface area contributed by atoms with Crippen LogP contribution in [0.25, 0.3) is 0 Å². The molecule has 4 heteroatoms. The summed E-state index contributed by atoms with van der Waals surface area (Å²) in [5, 5.41) is 3.17. The van der Waals surface area contributed by atoms with Gasteiger partial charge in [-0.1, -0.05) is 6.92 Å². The third-order valence-electron chi connectivity index (χ3n) is 2.53. The maximum Gasteiger partial charge on any atom is 0.339 e. The van der Waals surface area contributed by atoms with Crippen LogP contribution in [0, 0.1) is 5.92 Å². The molecule has 0 aromatic carbocycles. The lowest BCUT2D eigenvalue weighted by atomic mass is 9.87. The number of methoxy groups -OCH3 is 2. The van der Waals surface area contributed by atoms with Crippen LogP contribution in [-0.4, -0.2) is 38.9 Å². The van der Waals surface area contributed by atoms with Crippen LogP contribution in [0.2, 0.25) is 0 Å². The van der Waals surface area contributed by atoms with Crippen molar-refractivity contribution in [2.24, 2.45) is 5.92 Å². The fourth-order valence-corrected chi connectivity index (χ4v) is 1.81. The fraction of sp³-hybridized carbons (Fsp3) is 0.889. The first-order valence-electron chi connectivity index (χ1n) is 4.49. The predicted octanol–water partition coefficient (Wildman–Crippen LogP) is 0.174. The quantitative estimate of drug-likeness (QED) is 0.626. The molecular weight excluding hydrogens is 170 g/mol. The summed E-state index contributed by atoms with van der Waals surface area (Å²) in [4.78, 5) is 11.5. The minimum absolute atomic E-state index is 0.283. The third kappa shape index (κ3) is 2.00. The second-order valence-electron chi connectivity index (χ2n) is 3.63. The topological polar surface area (TPSA) is 47.6 Å². The van der Waals surface area contributed by atoms with Crippen molar-refractivity contribution in [1.82, 2.24) is 5.32 Å². The summed E-state index contributed by atoms with van der Waals surface area (Å²) in [7, 11) is 2.94. The first-order chi connectivity index (χ1) is 6.14. The number of hydrogen-bond donors (Lipinski definition) is 1. The maximum absolute atomic E-state index is 11.5. The molecule has 1 saturated heterocycles. The number of esters is 1. The number of hydrogen-bond acceptors (Lipinski definition) is 4. The zero-order chi connectivity index (χ0) is 9.90. The molecule has 1 heterocycles. The van der Waals surface area contributed by atoms with E-state index in [0.29, 0.717) is 12.5 Å². The maximum atomic E-state index is 11.5. The average molecular weight is 187 g/mol. The number of nitrogens with one attached hydrogen (secondary N) is 1. The van der Waals surface area contributed by atoms with Gasteiger partial charge in [-0.15, -0.1) is 0 Å². The van der Waals surface area contributed by atoms with Crippen LogP contribution in [0.15, 0.2) is 0 Å². The van der Waals surface area contributed by atoms with Gasteiger partial charge in [0.25, 0.3) is 0 Å². The third-order valence-corrected chi connectivity index (χ3v) is 2.53. The molecule has 1 unspecified atom stereocenters. The van der Waals surface area contributed by atoms with Crippen molar-refractivity contribution in [3.05, 3.63) is 0 Å². The average Bonchev–Trinajstić information content (AvgIpc) is 2.16. The molecule has 76 valence electrons. The van der Waals surface area contributed by atoms with E-state index >= 15 is 0 Å². The Labute approximate surface area is 78.6 Å². The van der Waals surface area contributed by atoms with Crippen molar-refractivity contribution in [3.63, 3.8) is 0 Å². The van der Waals surface area contributed by atoms with Gasteiger partial charge >= 0.3 is 5.97 Å². The molecule has 0 saturated carbocycles. The molecule has 1 aliphatic rings. The Kier molecular flexibility index (Phi) is 3.27. The van der Waals surface area contributed by atoms with Gasteiger partial charge in [-0.2, -0.15) is 0 Å². The van der Waals surface area contributed by atoms with Crippen LogP contribution in [0.1, 0.15) is 13.3 Å². The molecule has 0 aromatic rings. The normalized spacial score (nSPS) is 34.2. The van der Waals surface area contributed by atoms with Crippen molar-refractivity contribution >= 4 is 5.97 Å². The molecule has 0 aromatic heterocycles. The number of piperidine rings is 1. The lowest BCUT2D eigenvalue weighted by molar-refractivity contribution is -0.169. The molecule has 1 aliphatic heterocycles. The Morgan fingerprint density at radius 1 is 1.54 bits per heavy atom. The van der Waals surface area contributed by atoms with Gasteiger partial charge in [0.2, 0.25) is 0 Å². The predicted molar refractivity (Wildman–Crippen MR) is 48.4 cm³/mol.